The van der Waals surface area contributed by atoms with E-state index in [1.165, 1.54) is 11.1 Å². The van der Waals surface area contributed by atoms with E-state index in [9.17, 15) is 5.11 Å². The van der Waals surface area contributed by atoms with Crippen molar-refractivity contribution in [3.63, 3.8) is 0 Å². The molecule has 0 spiro atoms. The second-order valence-corrected chi connectivity index (χ2v) is 14.0. The van der Waals surface area contributed by atoms with Crippen molar-refractivity contribution in [1.82, 2.24) is 0 Å². The van der Waals surface area contributed by atoms with E-state index < -0.39 is 6.10 Å². The Hall–Kier alpha value is -4.93. The number of anilines is 3. The van der Waals surface area contributed by atoms with Crippen molar-refractivity contribution in [2.24, 2.45) is 4.99 Å². The summed E-state index contributed by atoms with van der Waals surface area (Å²) in [5.74, 6) is 0.459. The topological polar surface area (TPSA) is 47.9 Å². The molecule has 0 aromatic heterocycles. The monoisotopic (exact) mass is 677 g/mol. The molecule has 4 nitrogen and oxygen atoms in total. The van der Waals surface area contributed by atoms with Gasteiger partial charge in [0.1, 0.15) is 0 Å². The Kier molecular flexibility index (Phi) is 12.7. The summed E-state index contributed by atoms with van der Waals surface area (Å²) in [7, 11) is 0. The van der Waals surface area contributed by atoms with E-state index in [0.29, 0.717) is 6.42 Å². The lowest BCUT2D eigenvalue weighted by atomic mass is 9.79. The van der Waals surface area contributed by atoms with Crippen molar-refractivity contribution in [3.05, 3.63) is 162 Å². The van der Waals surface area contributed by atoms with Crippen LogP contribution in [0.4, 0.5) is 17.1 Å². The number of hydrogen-bond donors (Lipinski definition) is 2. The van der Waals surface area contributed by atoms with Gasteiger partial charge in [0.2, 0.25) is 0 Å². The minimum Gasteiger partial charge on any atom is -0.389 e. The van der Waals surface area contributed by atoms with Gasteiger partial charge in [-0.15, -0.1) is 0 Å². The molecule has 0 radical (unpaired) electrons. The van der Waals surface area contributed by atoms with Crippen molar-refractivity contribution in [3.8, 4) is 11.1 Å². The molecule has 0 fully saturated rings. The van der Waals surface area contributed by atoms with Crippen molar-refractivity contribution in [1.29, 1.82) is 0 Å². The molecular weight excluding hydrogens is 623 g/mol. The van der Waals surface area contributed by atoms with Gasteiger partial charge in [-0.05, 0) is 91.6 Å². The average molecular weight is 678 g/mol. The number of fused-ring (bicyclic) bond motifs is 1. The van der Waals surface area contributed by atoms with Crippen molar-refractivity contribution in [2.45, 2.75) is 84.3 Å². The number of rotatable bonds is 16. The van der Waals surface area contributed by atoms with Crippen LogP contribution in [-0.2, 0) is 0 Å². The molecule has 51 heavy (non-hydrogen) atoms. The molecule has 3 atom stereocenters. The van der Waals surface area contributed by atoms with Gasteiger partial charge in [-0.1, -0.05) is 125 Å². The highest BCUT2D eigenvalue weighted by molar-refractivity contribution is 6.10. The van der Waals surface area contributed by atoms with Crippen LogP contribution in [0.5, 0.6) is 0 Å². The molecule has 264 valence electrons. The Morgan fingerprint density at radius 3 is 2.29 bits per heavy atom. The Morgan fingerprint density at radius 2 is 1.61 bits per heavy atom. The zero-order chi connectivity index (χ0) is 36.5. The summed E-state index contributed by atoms with van der Waals surface area (Å²) in [4.78, 5) is 7.69. The molecule has 0 amide bonds. The van der Waals surface area contributed by atoms with E-state index in [0.717, 1.165) is 82.1 Å². The Bertz CT molecular complexity index is 1870. The van der Waals surface area contributed by atoms with E-state index in [1.54, 1.807) is 0 Å². The van der Waals surface area contributed by atoms with Crippen LogP contribution in [0.3, 0.4) is 0 Å². The van der Waals surface area contributed by atoms with Crippen LogP contribution in [0.25, 0.3) is 11.1 Å². The Balaban J connectivity index is 1.51. The van der Waals surface area contributed by atoms with Crippen molar-refractivity contribution in [2.75, 3.05) is 16.8 Å². The molecular formula is C47H55N3O. The minimum absolute atomic E-state index is 0.0122. The van der Waals surface area contributed by atoms with Gasteiger partial charge < -0.3 is 15.3 Å². The number of aliphatic hydroxyl groups excluding tert-OH is 1. The quantitative estimate of drug-likeness (QED) is 0.116. The fourth-order valence-electron chi connectivity index (χ4n) is 7.35. The molecule has 1 aliphatic heterocycles. The standard InChI is InChI=1S/C47H55N3O/c1-9-19-33(6)26-27-40-38-22-15-16-23-39(38)43(11-3)48-45(40)29-34(7)50(28-10-2)46-25-18-17-24-44(46)49-47-41(32(4)5)30-37(31-42(47)35(8)51)36-20-13-12-14-21-36/h9,11-25,30-32,35,40,45,49,51H,3,6-7,10,26-29H2,1-2,4-5,8H3/b19-9-. The van der Waals surface area contributed by atoms with Crippen LogP contribution in [0, 0.1) is 0 Å². The second-order valence-electron chi connectivity index (χ2n) is 14.0. The summed E-state index contributed by atoms with van der Waals surface area (Å²) in [6, 6.07) is 31.9. The molecule has 4 aromatic carbocycles. The largest absolute Gasteiger partial charge is 0.389 e. The second kappa shape index (κ2) is 17.3. The molecule has 0 aliphatic carbocycles. The summed E-state index contributed by atoms with van der Waals surface area (Å²) in [6.07, 6.45) is 8.93. The maximum Gasteiger partial charge on any atom is 0.0782 e. The number of nitrogens with zero attached hydrogens (tertiary/aromatic N) is 2. The normalized spacial score (nSPS) is 16.0. The zero-order valence-corrected chi connectivity index (χ0v) is 31.2. The molecule has 0 saturated heterocycles. The van der Waals surface area contributed by atoms with Crippen LogP contribution < -0.4 is 10.2 Å². The molecule has 0 bridgehead atoms. The van der Waals surface area contributed by atoms with E-state index in [2.05, 4.69) is 141 Å². The molecule has 1 heterocycles. The lowest BCUT2D eigenvalue weighted by Gasteiger charge is -2.35. The lowest BCUT2D eigenvalue weighted by molar-refractivity contribution is 0.200. The number of benzene rings is 4. The van der Waals surface area contributed by atoms with Crippen LogP contribution in [0.1, 0.15) is 100 Å². The molecule has 5 rings (SSSR count). The average Bonchev–Trinajstić information content (AvgIpc) is 3.13. The molecule has 4 aromatic rings. The highest BCUT2D eigenvalue weighted by Crippen LogP contribution is 2.42. The summed E-state index contributed by atoms with van der Waals surface area (Å²) in [5, 5.41) is 15.0. The Labute approximate surface area is 306 Å². The minimum atomic E-state index is -0.658. The van der Waals surface area contributed by atoms with Crippen LogP contribution >= 0.6 is 0 Å². The summed E-state index contributed by atoms with van der Waals surface area (Å²) in [5.41, 5.74) is 12.9. The lowest BCUT2D eigenvalue weighted by Crippen LogP contribution is -2.31. The smallest absolute Gasteiger partial charge is 0.0782 e. The van der Waals surface area contributed by atoms with Crippen LogP contribution in [-0.4, -0.2) is 23.4 Å². The first-order valence-electron chi connectivity index (χ1n) is 18.5. The number of para-hydroxylation sites is 2. The maximum atomic E-state index is 11.1. The van der Waals surface area contributed by atoms with Gasteiger partial charge in [0.15, 0.2) is 0 Å². The van der Waals surface area contributed by atoms with Gasteiger partial charge in [0.05, 0.1) is 29.2 Å². The fraction of sp³-hybridized carbons (Fsp3) is 0.298. The Morgan fingerprint density at radius 1 is 0.922 bits per heavy atom. The van der Waals surface area contributed by atoms with Gasteiger partial charge in [-0.25, -0.2) is 0 Å². The number of allylic oxidation sites excluding steroid dienone is 4. The van der Waals surface area contributed by atoms with E-state index in [4.69, 9.17) is 11.6 Å². The fourth-order valence-corrected chi connectivity index (χ4v) is 7.35. The predicted octanol–water partition coefficient (Wildman–Crippen LogP) is 12.4. The summed E-state index contributed by atoms with van der Waals surface area (Å²) >= 11 is 0. The van der Waals surface area contributed by atoms with E-state index >= 15 is 0 Å². The maximum absolute atomic E-state index is 11.1. The predicted molar refractivity (Wildman–Crippen MR) is 221 cm³/mol. The number of nitrogens with one attached hydrogen (secondary N) is 1. The third-order valence-electron chi connectivity index (χ3n) is 9.88. The third-order valence-corrected chi connectivity index (χ3v) is 9.88. The van der Waals surface area contributed by atoms with E-state index in [1.807, 2.05) is 26.0 Å². The highest BCUT2D eigenvalue weighted by Gasteiger charge is 2.31. The summed E-state index contributed by atoms with van der Waals surface area (Å²) < 4.78 is 0. The first-order valence-corrected chi connectivity index (χ1v) is 18.5. The molecule has 4 heteroatoms. The van der Waals surface area contributed by atoms with Crippen molar-refractivity contribution < 1.29 is 5.11 Å². The van der Waals surface area contributed by atoms with Gasteiger partial charge in [-0.3, -0.25) is 4.99 Å². The van der Waals surface area contributed by atoms with Gasteiger partial charge in [0, 0.05) is 41.4 Å². The first-order chi connectivity index (χ1) is 24.7. The van der Waals surface area contributed by atoms with Crippen LogP contribution in [0.15, 0.2) is 145 Å². The van der Waals surface area contributed by atoms with E-state index in [-0.39, 0.29) is 17.9 Å². The van der Waals surface area contributed by atoms with Crippen LogP contribution in [0.2, 0.25) is 0 Å². The zero-order valence-electron chi connectivity index (χ0n) is 31.2. The number of aliphatic imine (C=N–C) groups is 1. The molecule has 2 N–H and O–H groups in total. The first kappa shape index (κ1) is 37.3. The SMILES string of the molecule is C=CC1=NC(CC(=C)N(CCC)c2ccccc2Nc2c(C(C)C)cc(-c3ccccc3)cc2C(C)O)C(CCC(=C)/C=C\C)c2ccccc21. The number of aliphatic hydroxyl groups is 1. The van der Waals surface area contributed by atoms with Crippen molar-refractivity contribution >= 4 is 22.8 Å². The van der Waals surface area contributed by atoms with Gasteiger partial charge in [0.25, 0.3) is 0 Å². The summed E-state index contributed by atoms with van der Waals surface area (Å²) in [6.45, 7) is 24.5. The van der Waals surface area contributed by atoms with Gasteiger partial charge >= 0.3 is 0 Å². The third kappa shape index (κ3) is 8.69. The highest BCUT2D eigenvalue weighted by atomic mass is 16.3. The molecule has 1 aliphatic rings. The van der Waals surface area contributed by atoms with Gasteiger partial charge in [-0.2, -0.15) is 0 Å². The number of hydrogen-bond acceptors (Lipinski definition) is 4. The molecule has 3 unspecified atom stereocenters. The molecule has 0 saturated carbocycles.